The fourth-order valence-corrected chi connectivity index (χ4v) is 1.73. The molecule has 0 aliphatic heterocycles. The number of hydrogen-bond donors (Lipinski definition) is 1. The molecule has 1 atom stereocenters. The number of nitrogens with one attached hydrogen (secondary N) is 1. The smallest absolute Gasteiger partial charge is 0.129 e. The van der Waals surface area contributed by atoms with E-state index in [1.54, 1.807) is 7.11 Å². The fraction of sp³-hybridized carbons (Fsp3) is 0.667. The molecule has 1 heterocycles. The molecule has 0 aromatic carbocycles. The highest BCUT2D eigenvalue weighted by Crippen LogP contribution is 2.10. The highest BCUT2D eigenvalue weighted by atomic mass is 32.2. The molecule has 1 N–H and O–H groups in total. The van der Waals surface area contributed by atoms with Crippen LogP contribution in [0.3, 0.4) is 0 Å². The summed E-state index contributed by atoms with van der Waals surface area (Å²) in [6.07, 6.45) is 3.33. The molecular weight excluding hydrogens is 222 g/mol. The fourth-order valence-electron chi connectivity index (χ4n) is 1.37. The van der Waals surface area contributed by atoms with Crippen molar-refractivity contribution in [2.75, 3.05) is 19.9 Å². The van der Waals surface area contributed by atoms with Crippen molar-refractivity contribution < 1.29 is 9.15 Å². The quantitative estimate of drug-likeness (QED) is 0.712. The zero-order valence-corrected chi connectivity index (χ0v) is 11.1. The van der Waals surface area contributed by atoms with E-state index in [0.29, 0.717) is 11.9 Å². The van der Waals surface area contributed by atoms with E-state index in [-0.39, 0.29) is 0 Å². The summed E-state index contributed by atoms with van der Waals surface area (Å²) in [5, 5.41) is 4.09. The first-order valence-corrected chi connectivity index (χ1v) is 6.85. The van der Waals surface area contributed by atoms with E-state index in [2.05, 4.69) is 18.5 Å². The van der Waals surface area contributed by atoms with Gasteiger partial charge in [0.15, 0.2) is 0 Å². The first-order valence-electron chi connectivity index (χ1n) is 5.56. The van der Waals surface area contributed by atoms with E-state index in [9.17, 15) is 0 Å². The van der Waals surface area contributed by atoms with Crippen molar-refractivity contribution in [2.24, 2.45) is 0 Å². The second-order valence-electron chi connectivity index (χ2n) is 3.81. The molecule has 0 spiro atoms. The number of thioether (sulfide) groups is 1. The van der Waals surface area contributed by atoms with Gasteiger partial charge in [-0.3, -0.25) is 0 Å². The number of methoxy groups -OCH3 is 1. The summed E-state index contributed by atoms with van der Waals surface area (Å²) in [4.78, 5) is 0. The number of ether oxygens (including phenoxy) is 1. The van der Waals surface area contributed by atoms with Gasteiger partial charge in [-0.25, -0.2) is 0 Å². The average molecular weight is 243 g/mol. The highest BCUT2D eigenvalue weighted by molar-refractivity contribution is 7.99. The standard InChI is InChI=1S/C12H21NO2S/c1-10(16-3)6-7-13-8-11-4-5-12(15-11)9-14-2/h4-5,10,13H,6-9H2,1-3H3. The first kappa shape index (κ1) is 13.6. The van der Waals surface area contributed by atoms with Gasteiger partial charge in [-0.05, 0) is 31.4 Å². The van der Waals surface area contributed by atoms with Crippen LogP contribution in [0.1, 0.15) is 24.9 Å². The van der Waals surface area contributed by atoms with Crippen LogP contribution in [0.15, 0.2) is 16.5 Å². The van der Waals surface area contributed by atoms with Crippen molar-refractivity contribution in [1.82, 2.24) is 5.32 Å². The van der Waals surface area contributed by atoms with Crippen molar-refractivity contribution in [3.8, 4) is 0 Å². The summed E-state index contributed by atoms with van der Waals surface area (Å²) < 4.78 is 10.6. The molecule has 1 aromatic heterocycles. The van der Waals surface area contributed by atoms with Crippen LogP contribution in [0.2, 0.25) is 0 Å². The Morgan fingerprint density at radius 1 is 1.44 bits per heavy atom. The van der Waals surface area contributed by atoms with Crippen LogP contribution in [0.25, 0.3) is 0 Å². The van der Waals surface area contributed by atoms with Gasteiger partial charge in [-0.2, -0.15) is 11.8 Å². The molecule has 4 heteroatoms. The minimum absolute atomic E-state index is 0.545. The zero-order valence-electron chi connectivity index (χ0n) is 10.3. The van der Waals surface area contributed by atoms with Crippen LogP contribution in [0.5, 0.6) is 0 Å². The Balaban J connectivity index is 2.16. The highest BCUT2D eigenvalue weighted by Gasteiger charge is 2.02. The molecule has 0 saturated heterocycles. The normalized spacial score (nSPS) is 12.9. The number of rotatable bonds is 8. The largest absolute Gasteiger partial charge is 0.462 e. The number of furan rings is 1. The lowest BCUT2D eigenvalue weighted by atomic mass is 10.3. The summed E-state index contributed by atoms with van der Waals surface area (Å²) in [5.41, 5.74) is 0. The summed E-state index contributed by atoms with van der Waals surface area (Å²) in [6, 6.07) is 3.96. The van der Waals surface area contributed by atoms with Crippen molar-refractivity contribution in [3.63, 3.8) is 0 Å². The SMILES string of the molecule is COCc1ccc(CNCCC(C)SC)o1. The average Bonchev–Trinajstić information content (AvgIpc) is 2.72. The second kappa shape index (κ2) is 7.76. The van der Waals surface area contributed by atoms with E-state index >= 15 is 0 Å². The maximum Gasteiger partial charge on any atom is 0.129 e. The lowest BCUT2D eigenvalue weighted by Crippen LogP contribution is -2.17. The van der Waals surface area contributed by atoms with Gasteiger partial charge >= 0.3 is 0 Å². The van der Waals surface area contributed by atoms with Crippen molar-refractivity contribution in [1.29, 1.82) is 0 Å². The Labute approximate surface area is 102 Å². The summed E-state index contributed by atoms with van der Waals surface area (Å²) >= 11 is 1.90. The minimum atomic E-state index is 0.545. The van der Waals surface area contributed by atoms with Gasteiger partial charge in [0.25, 0.3) is 0 Å². The van der Waals surface area contributed by atoms with Crippen LogP contribution < -0.4 is 5.32 Å². The summed E-state index contributed by atoms with van der Waals surface area (Å²) in [7, 11) is 1.67. The van der Waals surface area contributed by atoms with Crippen LogP contribution >= 0.6 is 11.8 Å². The lowest BCUT2D eigenvalue weighted by Gasteiger charge is -2.07. The Kier molecular flexibility index (Phi) is 6.61. The molecule has 0 saturated carbocycles. The Hall–Kier alpha value is -0.450. The predicted molar refractivity (Wildman–Crippen MR) is 68.7 cm³/mol. The van der Waals surface area contributed by atoms with Crippen LogP contribution in [-0.2, 0) is 17.9 Å². The van der Waals surface area contributed by atoms with E-state index in [1.807, 2.05) is 23.9 Å². The molecule has 0 aliphatic rings. The van der Waals surface area contributed by atoms with Crippen molar-refractivity contribution in [3.05, 3.63) is 23.7 Å². The van der Waals surface area contributed by atoms with E-state index in [4.69, 9.17) is 9.15 Å². The molecule has 0 radical (unpaired) electrons. The molecule has 0 amide bonds. The minimum Gasteiger partial charge on any atom is -0.462 e. The Morgan fingerprint density at radius 3 is 2.88 bits per heavy atom. The van der Waals surface area contributed by atoms with Crippen molar-refractivity contribution in [2.45, 2.75) is 31.7 Å². The third-order valence-corrected chi connectivity index (χ3v) is 3.47. The van der Waals surface area contributed by atoms with Gasteiger partial charge in [0.05, 0.1) is 6.54 Å². The molecule has 0 aliphatic carbocycles. The van der Waals surface area contributed by atoms with E-state index in [0.717, 1.165) is 24.6 Å². The van der Waals surface area contributed by atoms with Crippen molar-refractivity contribution >= 4 is 11.8 Å². The van der Waals surface area contributed by atoms with E-state index < -0.39 is 0 Å². The molecule has 1 unspecified atom stereocenters. The predicted octanol–water partition coefficient (Wildman–Crippen LogP) is 2.66. The monoisotopic (exact) mass is 243 g/mol. The lowest BCUT2D eigenvalue weighted by molar-refractivity contribution is 0.162. The first-order chi connectivity index (χ1) is 7.76. The van der Waals surface area contributed by atoms with Crippen LogP contribution in [0.4, 0.5) is 0 Å². The van der Waals surface area contributed by atoms with E-state index in [1.165, 1.54) is 6.42 Å². The molecule has 0 bridgehead atoms. The maximum atomic E-state index is 5.56. The molecule has 0 fully saturated rings. The van der Waals surface area contributed by atoms with Gasteiger partial charge in [0.1, 0.15) is 18.1 Å². The summed E-state index contributed by atoms with van der Waals surface area (Å²) in [5.74, 6) is 1.86. The third kappa shape index (κ3) is 5.05. The second-order valence-corrected chi connectivity index (χ2v) is 5.09. The van der Waals surface area contributed by atoms with Gasteiger partial charge in [-0.1, -0.05) is 6.92 Å². The Bertz CT molecular complexity index is 288. The maximum absolute atomic E-state index is 5.56. The third-order valence-electron chi connectivity index (χ3n) is 2.43. The van der Waals surface area contributed by atoms with Gasteiger partial charge in [-0.15, -0.1) is 0 Å². The zero-order chi connectivity index (χ0) is 11.8. The molecule has 92 valence electrons. The van der Waals surface area contributed by atoms with Crippen LogP contribution in [0, 0.1) is 0 Å². The molecule has 1 aromatic rings. The molecule has 16 heavy (non-hydrogen) atoms. The molecule has 3 nitrogen and oxygen atoms in total. The van der Waals surface area contributed by atoms with Crippen LogP contribution in [-0.4, -0.2) is 25.2 Å². The molecule has 1 rings (SSSR count). The van der Waals surface area contributed by atoms with Gasteiger partial charge in [0, 0.05) is 12.4 Å². The topological polar surface area (TPSA) is 34.4 Å². The summed E-state index contributed by atoms with van der Waals surface area (Å²) in [6.45, 7) is 4.62. The Morgan fingerprint density at radius 2 is 2.19 bits per heavy atom. The van der Waals surface area contributed by atoms with Gasteiger partial charge in [0.2, 0.25) is 0 Å². The number of hydrogen-bond acceptors (Lipinski definition) is 4. The van der Waals surface area contributed by atoms with Gasteiger partial charge < -0.3 is 14.5 Å². The molecular formula is C12H21NO2S.